The number of nitrogens with two attached hydrogens (primary N) is 1. The van der Waals surface area contributed by atoms with Crippen LogP contribution in [-0.4, -0.2) is 52.3 Å². The minimum Gasteiger partial charge on any atom is -0.384 e. The van der Waals surface area contributed by atoms with E-state index in [2.05, 4.69) is 24.8 Å². The molecule has 1 aliphatic heterocycles. The van der Waals surface area contributed by atoms with Crippen LogP contribution in [0.25, 0.3) is 32.9 Å². The lowest BCUT2D eigenvalue weighted by atomic mass is 10.0. The lowest BCUT2D eigenvalue weighted by molar-refractivity contribution is -0.104. The number of halogens is 2. The number of aldehydes is 1. The standard InChI is InChI=1S/C24H20ClFN6O/c25-20-12-19-21(28-14-29-24(19)32-7-5-31(6-8-32)4-1-9-33)13-18(20)23-17-11-16(26)3-2-15(17)10-22(27)30-23/h1-4,9-14H,5-8H2,(H2,27,30). The van der Waals surface area contributed by atoms with E-state index < -0.39 is 0 Å². The summed E-state index contributed by atoms with van der Waals surface area (Å²) >= 11 is 6.72. The average Bonchev–Trinajstić information content (AvgIpc) is 2.82. The fraction of sp³-hybridized carbons (Fsp3) is 0.167. The first-order valence-electron chi connectivity index (χ1n) is 10.4. The number of hydrogen-bond donors (Lipinski definition) is 1. The van der Waals surface area contributed by atoms with Crippen LogP contribution in [0.5, 0.6) is 0 Å². The molecule has 0 spiro atoms. The number of pyridine rings is 1. The van der Waals surface area contributed by atoms with Crippen molar-refractivity contribution in [3.63, 3.8) is 0 Å². The van der Waals surface area contributed by atoms with Gasteiger partial charge in [-0.3, -0.25) is 4.79 Å². The molecule has 9 heteroatoms. The van der Waals surface area contributed by atoms with E-state index in [1.807, 2.05) is 12.1 Å². The highest BCUT2D eigenvalue weighted by atomic mass is 35.5. The van der Waals surface area contributed by atoms with Gasteiger partial charge in [0.15, 0.2) is 0 Å². The Morgan fingerprint density at radius 2 is 1.85 bits per heavy atom. The Morgan fingerprint density at radius 3 is 2.64 bits per heavy atom. The second kappa shape index (κ2) is 8.63. The molecule has 7 nitrogen and oxygen atoms in total. The second-order valence-electron chi connectivity index (χ2n) is 7.81. The molecule has 2 aromatic heterocycles. The Morgan fingerprint density at radius 1 is 1.03 bits per heavy atom. The first-order chi connectivity index (χ1) is 16.0. The maximum atomic E-state index is 14.0. The highest BCUT2D eigenvalue weighted by Gasteiger charge is 2.20. The van der Waals surface area contributed by atoms with Gasteiger partial charge in [0, 0.05) is 48.7 Å². The molecular formula is C24H20ClFN6O. The van der Waals surface area contributed by atoms with Crippen LogP contribution in [0.4, 0.5) is 16.0 Å². The summed E-state index contributed by atoms with van der Waals surface area (Å²) in [6.07, 6.45) is 5.60. The molecule has 33 heavy (non-hydrogen) atoms. The molecule has 0 radical (unpaired) electrons. The van der Waals surface area contributed by atoms with Gasteiger partial charge in [0.1, 0.15) is 30.1 Å². The van der Waals surface area contributed by atoms with Gasteiger partial charge in [0.05, 0.1) is 16.2 Å². The summed E-state index contributed by atoms with van der Waals surface area (Å²) in [4.78, 5) is 28.3. The van der Waals surface area contributed by atoms with Crippen LogP contribution in [0.2, 0.25) is 5.02 Å². The Kier molecular flexibility index (Phi) is 5.51. The van der Waals surface area contributed by atoms with Crippen molar-refractivity contribution in [1.29, 1.82) is 0 Å². The summed E-state index contributed by atoms with van der Waals surface area (Å²) in [7, 11) is 0. The van der Waals surface area contributed by atoms with Gasteiger partial charge in [-0.25, -0.2) is 19.3 Å². The second-order valence-corrected chi connectivity index (χ2v) is 8.22. The SMILES string of the molecule is Nc1cc2ccc(F)cc2c(-c2cc3ncnc(N4CCN(C=CC=O)CC4)c3cc2Cl)n1. The average molecular weight is 463 g/mol. The van der Waals surface area contributed by atoms with E-state index in [1.165, 1.54) is 24.5 Å². The van der Waals surface area contributed by atoms with E-state index in [1.54, 1.807) is 18.3 Å². The maximum Gasteiger partial charge on any atom is 0.144 e. The van der Waals surface area contributed by atoms with E-state index in [0.717, 1.165) is 49.1 Å². The topological polar surface area (TPSA) is 88.2 Å². The van der Waals surface area contributed by atoms with Crippen molar-refractivity contribution in [2.45, 2.75) is 0 Å². The van der Waals surface area contributed by atoms with Crippen molar-refractivity contribution in [2.75, 3.05) is 36.8 Å². The number of carbonyl (C=O) groups is 1. The van der Waals surface area contributed by atoms with Crippen LogP contribution in [0.15, 0.2) is 55.0 Å². The first-order valence-corrected chi connectivity index (χ1v) is 10.8. The Hall–Kier alpha value is -3.78. The van der Waals surface area contributed by atoms with E-state index in [-0.39, 0.29) is 5.82 Å². The molecule has 2 aromatic carbocycles. The number of fused-ring (bicyclic) bond motifs is 2. The van der Waals surface area contributed by atoms with Crippen LogP contribution in [0, 0.1) is 5.82 Å². The fourth-order valence-corrected chi connectivity index (χ4v) is 4.43. The number of aromatic nitrogens is 3. The first kappa shape index (κ1) is 21.1. The summed E-state index contributed by atoms with van der Waals surface area (Å²) in [5.41, 5.74) is 7.85. The highest BCUT2D eigenvalue weighted by Crippen LogP contribution is 2.37. The number of anilines is 2. The van der Waals surface area contributed by atoms with Gasteiger partial charge in [-0.05, 0) is 41.8 Å². The predicted octanol–water partition coefficient (Wildman–Crippen LogP) is 4.05. The minimum absolute atomic E-state index is 0.324. The van der Waals surface area contributed by atoms with E-state index in [4.69, 9.17) is 17.3 Å². The number of piperazine rings is 1. The summed E-state index contributed by atoms with van der Waals surface area (Å²) in [5.74, 6) is 0.757. The van der Waals surface area contributed by atoms with E-state index in [0.29, 0.717) is 33.0 Å². The van der Waals surface area contributed by atoms with Gasteiger partial charge in [-0.2, -0.15) is 0 Å². The van der Waals surface area contributed by atoms with Gasteiger partial charge in [-0.15, -0.1) is 0 Å². The number of hydrogen-bond acceptors (Lipinski definition) is 7. The molecule has 5 rings (SSSR count). The molecule has 0 atom stereocenters. The van der Waals surface area contributed by atoms with E-state index >= 15 is 0 Å². The molecule has 2 N–H and O–H groups in total. The van der Waals surface area contributed by atoms with Crippen LogP contribution < -0.4 is 10.6 Å². The quantitative estimate of drug-likeness (QED) is 0.361. The summed E-state index contributed by atoms with van der Waals surface area (Å²) < 4.78 is 14.0. The zero-order chi connectivity index (χ0) is 22.9. The maximum absolute atomic E-state index is 14.0. The van der Waals surface area contributed by atoms with Crippen LogP contribution >= 0.6 is 11.6 Å². The molecule has 0 saturated carbocycles. The van der Waals surface area contributed by atoms with E-state index in [9.17, 15) is 9.18 Å². The predicted molar refractivity (Wildman–Crippen MR) is 129 cm³/mol. The zero-order valence-corrected chi connectivity index (χ0v) is 18.3. The molecule has 0 unspecified atom stereocenters. The molecule has 1 aliphatic rings. The lowest BCUT2D eigenvalue weighted by Gasteiger charge is -2.35. The third-order valence-electron chi connectivity index (χ3n) is 5.76. The highest BCUT2D eigenvalue weighted by molar-refractivity contribution is 6.34. The molecular weight excluding hydrogens is 443 g/mol. The molecule has 0 amide bonds. The van der Waals surface area contributed by atoms with Gasteiger partial charge in [0.25, 0.3) is 0 Å². The number of rotatable bonds is 4. The lowest BCUT2D eigenvalue weighted by Crippen LogP contribution is -2.44. The number of nitrogen functional groups attached to an aromatic ring is 1. The number of benzene rings is 2. The molecule has 3 heterocycles. The number of nitrogens with zero attached hydrogens (tertiary/aromatic N) is 5. The van der Waals surface area contributed by atoms with Gasteiger partial charge in [0.2, 0.25) is 0 Å². The van der Waals surface area contributed by atoms with Crippen molar-refractivity contribution in [3.05, 3.63) is 65.8 Å². The Bertz CT molecular complexity index is 1400. The van der Waals surface area contributed by atoms with Crippen molar-refractivity contribution < 1.29 is 9.18 Å². The molecule has 4 aromatic rings. The molecule has 1 saturated heterocycles. The molecule has 0 bridgehead atoms. The summed E-state index contributed by atoms with van der Waals surface area (Å²) in [6, 6.07) is 9.88. The minimum atomic E-state index is -0.362. The Balaban J connectivity index is 1.57. The largest absolute Gasteiger partial charge is 0.384 e. The summed E-state index contributed by atoms with van der Waals surface area (Å²) in [6.45, 7) is 3.03. The van der Waals surface area contributed by atoms with Crippen molar-refractivity contribution in [1.82, 2.24) is 19.9 Å². The fourth-order valence-electron chi connectivity index (χ4n) is 4.18. The third kappa shape index (κ3) is 4.05. The van der Waals surface area contributed by atoms with Crippen molar-refractivity contribution in [3.8, 4) is 11.3 Å². The molecule has 166 valence electrons. The smallest absolute Gasteiger partial charge is 0.144 e. The van der Waals surface area contributed by atoms with Crippen LogP contribution in [0.3, 0.4) is 0 Å². The van der Waals surface area contributed by atoms with Gasteiger partial charge < -0.3 is 15.5 Å². The van der Waals surface area contributed by atoms with Crippen molar-refractivity contribution >= 4 is 51.2 Å². The summed E-state index contributed by atoms with van der Waals surface area (Å²) in [5, 5.41) is 2.68. The molecule has 0 aliphatic carbocycles. The third-order valence-corrected chi connectivity index (χ3v) is 6.07. The normalized spacial score (nSPS) is 14.5. The van der Waals surface area contributed by atoms with Crippen molar-refractivity contribution in [2.24, 2.45) is 0 Å². The molecule has 1 fully saturated rings. The number of carbonyl (C=O) groups excluding carboxylic acids is 1. The van der Waals surface area contributed by atoms with Gasteiger partial charge >= 0.3 is 0 Å². The zero-order valence-electron chi connectivity index (χ0n) is 17.6. The van der Waals surface area contributed by atoms with Gasteiger partial charge in [-0.1, -0.05) is 17.7 Å². The van der Waals surface area contributed by atoms with Crippen LogP contribution in [-0.2, 0) is 4.79 Å². The van der Waals surface area contributed by atoms with Crippen LogP contribution in [0.1, 0.15) is 0 Å². The monoisotopic (exact) mass is 462 g/mol. The Labute approximate surface area is 194 Å². The number of allylic oxidation sites excluding steroid dienone is 1.